The Morgan fingerprint density at radius 1 is 1.00 bits per heavy atom. The number of sulfonamides is 1. The molecule has 0 atom stereocenters. The lowest BCUT2D eigenvalue weighted by atomic mass is 10.0. The fraction of sp³-hybridized carbons (Fsp3) is 0.381. The van der Waals surface area contributed by atoms with Gasteiger partial charge in [-0.15, -0.1) is 0 Å². The molecule has 1 saturated carbocycles. The van der Waals surface area contributed by atoms with Crippen molar-refractivity contribution in [3.05, 3.63) is 59.1 Å². The molecule has 1 saturated heterocycles. The Balaban J connectivity index is 1.41. The largest absolute Gasteiger partial charge is 0.349 e. The van der Waals surface area contributed by atoms with Crippen LogP contribution in [-0.2, 0) is 10.0 Å². The number of carbonyl (C=O) groups is 1. The maximum absolute atomic E-state index is 12.7. The molecule has 0 aromatic heterocycles. The van der Waals surface area contributed by atoms with Gasteiger partial charge in [0.15, 0.2) is 0 Å². The van der Waals surface area contributed by atoms with Crippen LogP contribution < -0.4 is 10.0 Å². The highest BCUT2D eigenvalue weighted by Crippen LogP contribution is 2.29. The van der Waals surface area contributed by atoms with Crippen molar-refractivity contribution >= 4 is 33.2 Å². The SMILES string of the molecule is O=C(NC1CCN(C2CC2)CC1)c1cccc(S(=O)(=O)Nc2cccc(Cl)c2)c1. The Morgan fingerprint density at radius 3 is 2.41 bits per heavy atom. The van der Waals surface area contributed by atoms with E-state index in [1.54, 1.807) is 30.3 Å². The maximum Gasteiger partial charge on any atom is 0.261 e. The van der Waals surface area contributed by atoms with Gasteiger partial charge in [-0.05, 0) is 62.1 Å². The fourth-order valence-electron chi connectivity index (χ4n) is 3.69. The number of anilines is 1. The molecule has 8 heteroatoms. The Kier molecular flexibility index (Phi) is 5.81. The van der Waals surface area contributed by atoms with E-state index >= 15 is 0 Å². The van der Waals surface area contributed by atoms with E-state index in [1.807, 2.05) is 0 Å². The summed E-state index contributed by atoms with van der Waals surface area (Å²) in [5, 5.41) is 3.49. The van der Waals surface area contributed by atoms with Crippen molar-refractivity contribution in [1.29, 1.82) is 0 Å². The van der Waals surface area contributed by atoms with E-state index in [0.29, 0.717) is 16.3 Å². The van der Waals surface area contributed by atoms with Crippen molar-refractivity contribution in [3.63, 3.8) is 0 Å². The first-order chi connectivity index (χ1) is 13.9. The lowest BCUT2D eigenvalue weighted by Gasteiger charge is -2.32. The summed E-state index contributed by atoms with van der Waals surface area (Å²) in [5.74, 6) is -0.241. The van der Waals surface area contributed by atoms with Gasteiger partial charge in [0.25, 0.3) is 15.9 Å². The molecule has 2 fully saturated rings. The zero-order valence-corrected chi connectivity index (χ0v) is 17.5. The van der Waals surface area contributed by atoms with Gasteiger partial charge >= 0.3 is 0 Å². The monoisotopic (exact) mass is 433 g/mol. The van der Waals surface area contributed by atoms with Gasteiger partial charge in [0.1, 0.15) is 0 Å². The van der Waals surface area contributed by atoms with Gasteiger partial charge < -0.3 is 10.2 Å². The topological polar surface area (TPSA) is 78.5 Å². The molecule has 29 heavy (non-hydrogen) atoms. The number of benzene rings is 2. The Labute approximate surface area is 176 Å². The summed E-state index contributed by atoms with van der Waals surface area (Å²) in [7, 11) is -3.82. The van der Waals surface area contributed by atoms with Crippen LogP contribution in [0.2, 0.25) is 5.02 Å². The highest BCUT2D eigenvalue weighted by molar-refractivity contribution is 7.92. The number of hydrogen-bond acceptors (Lipinski definition) is 4. The second kappa shape index (κ2) is 8.34. The molecule has 1 aliphatic heterocycles. The van der Waals surface area contributed by atoms with Crippen LogP contribution in [0.5, 0.6) is 0 Å². The first kappa shape index (κ1) is 20.2. The number of halogens is 1. The third-order valence-corrected chi connectivity index (χ3v) is 7.03. The minimum absolute atomic E-state index is 0.0358. The molecule has 6 nitrogen and oxygen atoms in total. The van der Waals surface area contributed by atoms with Crippen LogP contribution in [0.15, 0.2) is 53.4 Å². The third kappa shape index (κ3) is 5.10. The Hall–Kier alpha value is -2.09. The predicted octanol–water partition coefficient (Wildman–Crippen LogP) is 3.50. The maximum atomic E-state index is 12.7. The van der Waals surface area contributed by atoms with Crippen molar-refractivity contribution in [3.8, 4) is 0 Å². The first-order valence-corrected chi connectivity index (χ1v) is 11.7. The zero-order chi connectivity index (χ0) is 20.4. The van der Waals surface area contributed by atoms with Crippen LogP contribution in [-0.4, -0.2) is 44.4 Å². The van der Waals surface area contributed by atoms with Crippen LogP contribution in [0.25, 0.3) is 0 Å². The van der Waals surface area contributed by atoms with E-state index in [4.69, 9.17) is 11.6 Å². The van der Waals surface area contributed by atoms with Gasteiger partial charge in [0.2, 0.25) is 0 Å². The van der Waals surface area contributed by atoms with E-state index < -0.39 is 10.0 Å². The summed E-state index contributed by atoms with van der Waals surface area (Å²) in [5.41, 5.74) is 0.707. The molecule has 0 bridgehead atoms. The molecule has 1 heterocycles. The van der Waals surface area contributed by atoms with Gasteiger partial charge in [-0.2, -0.15) is 0 Å². The highest BCUT2D eigenvalue weighted by Gasteiger charge is 2.32. The Morgan fingerprint density at radius 2 is 1.72 bits per heavy atom. The van der Waals surface area contributed by atoms with Gasteiger partial charge in [0.05, 0.1) is 10.6 Å². The second-order valence-corrected chi connectivity index (χ2v) is 9.78. The normalized spacial score (nSPS) is 18.4. The molecular weight excluding hydrogens is 410 g/mol. The van der Waals surface area contributed by atoms with Crippen molar-refractivity contribution < 1.29 is 13.2 Å². The summed E-state index contributed by atoms with van der Waals surface area (Å²) in [6, 6.07) is 13.4. The minimum Gasteiger partial charge on any atom is -0.349 e. The molecule has 0 unspecified atom stereocenters. The first-order valence-electron chi connectivity index (χ1n) is 9.84. The summed E-state index contributed by atoms with van der Waals surface area (Å²) in [6.07, 6.45) is 4.44. The lowest BCUT2D eigenvalue weighted by Crippen LogP contribution is -2.45. The molecule has 1 amide bonds. The van der Waals surface area contributed by atoms with E-state index in [2.05, 4.69) is 14.9 Å². The molecule has 154 valence electrons. The van der Waals surface area contributed by atoms with Crippen LogP contribution in [0, 0.1) is 0 Å². The molecule has 2 aromatic carbocycles. The molecular formula is C21H24ClN3O3S. The molecule has 2 aliphatic rings. The van der Waals surface area contributed by atoms with Crippen molar-refractivity contribution in [2.45, 2.75) is 42.7 Å². The average Bonchev–Trinajstić information content (AvgIpc) is 3.54. The smallest absolute Gasteiger partial charge is 0.261 e. The number of nitrogens with zero attached hydrogens (tertiary/aromatic N) is 1. The number of carbonyl (C=O) groups excluding carboxylic acids is 1. The number of nitrogens with one attached hydrogen (secondary N) is 2. The van der Waals surface area contributed by atoms with Crippen LogP contribution in [0.1, 0.15) is 36.0 Å². The predicted molar refractivity (Wildman–Crippen MR) is 114 cm³/mol. The van der Waals surface area contributed by atoms with Gasteiger partial charge in [0, 0.05) is 35.8 Å². The van der Waals surface area contributed by atoms with E-state index in [-0.39, 0.29) is 16.8 Å². The number of hydrogen-bond donors (Lipinski definition) is 2. The lowest BCUT2D eigenvalue weighted by molar-refractivity contribution is 0.0909. The highest BCUT2D eigenvalue weighted by atomic mass is 35.5. The van der Waals surface area contributed by atoms with E-state index in [1.165, 1.54) is 31.0 Å². The number of rotatable bonds is 6. The van der Waals surface area contributed by atoms with E-state index in [0.717, 1.165) is 32.0 Å². The molecule has 1 aliphatic carbocycles. The van der Waals surface area contributed by atoms with Crippen LogP contribution in [0.3, 0.4) is 0 Å². The van der Waals surface area contributed by atoms with Crippen molar-refractivity contribution in [2.24, 2.45) is 0 Å². The fourth-order valence-corrected chi connectivity index (χ4v) is 4.97. The molecule has 4 rings (SSSR count). The summed E-state index contributed by atoms with van der Waals surface area (Å²) in [6.45, 7) is 2.02. The third-order valence-electron chi connectivity index (χ3n) is 5.41. The van der Waals surface area contributed by atoms with Gasteiger partial charge in [-0.3, -0.25) is 9.52 Å². The van der Waals surface area contributed by atoms with Gasteiger partial charge in [-0.1, -0.05) is 23.7 Å². The molecule has 2 aromatic rings. The van der Waals surface area contributed by atoms with Crippen molar-refractivity contribution in [2.75, 3.05) is 17.8 Å². The van der Waals surface area contributed by atoms with Crippen LogP contribution >= 0.6 is 11.6 Å². The number of amides is 1. The van der Waals surface area contributed by atoms with E-state index in [9.17, 15) is 13.2 Å². The summed E-state index contributed by atoms with van der Waals surface area (Å²) < 4.78 is 27.9. The Bertz CT molecular complexity index is 1000. The van der Waals surface area contributed by atoms with Crippen LogP contribution in [0.4, 0.5) is 5.69 Å². The summed E-state index contributed by atoms with van der Waals surface area (Å²) in [4.78, 5) is 15.2. The molecule has 0 spiro atoms. The zero-order valence-electron chi connectivity index (χ0n) is 16.0. The molecule has 0 radical (unpaired) electrons. The standard InChI is InChI=1S/C21H24ClN3O3S/c22-16-4-2-5-18(14-16)24-29(27,28)20-6-1-3-15(13-20)21(26)23-17-9-11-25(12-10-17)19-7-8-19/h1-6,13-14,17,19,24H,7-12H2,(H,23,26). The van der Waals surface area contributed by atoms with Gasteiger partial charge in [-0.25, -0.2) is 8.42 Å². The quantitative estimate of drug-likeness (QED) is 0.730. The summed E-state index contributed by atoms with van der Waals surface area (Å²) >= 11 is 5.92. The number of piperidine rings is 1. The van der Waals surface area contributed by atoms with Crippen molar-refractivity contribution in [1.82, 2.24) is 10.2 Å². The number of likely N-dealkylation sites (tertiary alicyclic amines) is 1. The molecule has 2 N–H and O–H groups in total. The second-order valence-electron chi connectivity index (χ2n) is 7.66. The average molecular weight is 434 g/mol. The minimum atomic E-state index is -3.82.